The van der Waals surface area contributed by atoms with Crippen molar-refractivity contribution in [2.24, 2.45) is 0 Å². The van der Waals surface area contributed by atoms with Crippen LogP contribution in [-0.4, -0.2) is 28.5 Å². The maximum absolute atomic E-state index is 13.0. The van der Waals surface area contributed by atoms with Crippen molar-refractivity contribution in [3.63, 3.8) is 0 Å². The summed E-state index contributed by atoms with van der Waals surface area (Å²) in [5.41, 5.74) is 2.85. The molecule has 1 atom stereocenters. The standard InChI is InChI=1S/C26H30N2O3S/c1-19(29)9-3-2-4-15-23(28-26(31)25-17-27-18-32-25)24(30)16-8-13-21-12-7-11-20-10-5-6-14-22(20)21/h5-7,10-12,14,17-18,23H,2-4,8-9,13,15-16H2,1H3,(H,28,31)/t23-/m0/s1. The number of carbonyl (C=O) groups is 3. The summed E-state index contributed by atoms with van der Waals surface area (Å²) in [7, 11) is 0. The Balaban J connectivity index is 1.56. The van der Waals surface area contributed by atoms with Crippen LogP contribution in [0.3, 0.4) is 0 Å². The van der Waals surface area contributed by atoms with Crippen molar-refractivity contribution < 1.29 is 14.4 Å². The first-order valence-corrected chi connectivity index (χ1v) is 12.1. The van der Waals surface area contributed by atoms with E-state index in [0.717, 1.165) is 32.1 Å². The van der Waals surface area contributed by atoms with Crippen LogP contribution in [0.1, 0.15) is 67.1 Å². The number of Topliss-reactive ketones (excluding diaryl/α,β-unsaturated/α-hetero) is 2. The van der Waals surface area contributed by atoms with Crippen molar-refractivity contribution in [2.45, 2.75) is 64.3 Å². The van der Waals surface area contributed by atoms with E-state index in [9.17, 15) is 14.4 Å². The second-order valence-electron chi connectivity index (χ2n) is 8.15. The molecule has 0 bridgehead atoms. The first-order valence-electron chi connectivity index (χ1n) is 11.2. The van der Waals surface area contributed by atoms with Gasteiger partial charge in [0.05, 0.1) is 17.7 Å². The fourth-order valence-corrected chi connectivity index (χ4v) is 4.43. The molecule has 32 heavy (non-hydrogen) atoms. The Hall–Kier alpha value is -2.86. The number of hydrogen-bond acceptors (Lipinski definition) is 5. The number of hydrogen-bond donors (Lipinski definition) is 1. The highest BCUT2D eigenvalue weighted by Crippen LogP contribution is 2.20. The summed E-state index contributed by atoms with van der Waals surface area (Å²) < 4.78 is 0. The normalized spacial score (nSPS) is 11.9. The molecule has 0 aliphatic heterocycles. The number of carbonyl (C=O) groups excluding carboxylic acids is 3. The van der Waals surface area contributed by atoms with E-state index >= 15 is 0 Å². The summed E-state index contributed by atoms with van der Waals surface area (Å²) in [6.07, 6.45) is 7.16. The third-order valence-corrected chi connectivity index (χ3v) is 6.39. The van der Waals surface area contributed by atoms with Gasteiger partial charge in [-0.1, -0.05) is 55.3 Å². The zero-order chi connectivity index (χ0) is 22.8. The zero-order valence-electron chi connectivity index (χ0n) is 18.5. The molecule has 0 spiro atoms. The van der Waals surface area contributed by atoms with Crippen LogP contribution in [0.15, 0.2) is 54.2 Å². The monoisotopic (exact) mass is 450 g/mol. The van der Waals surface area contributed by atoms with Crippen molar-refractivity contribution in [1.29, 1.82) is 0 Å². The van der Waals surface area contributed by atoms with Gasteiger partial charge in [-0.25, -0.2) is 0 Å². The summed E-state index contributed by atoms with van der Waals surface area (Å²) >= 11 is 1.26. The van der Waals surface area contributed by atoms with Gasteiger partial charge in [0, 0.05) is 12.8 Å². The average Bonchev–Trinajstić information content (AvgIpc) is 3.33. The SMILES string of the molecule is CC(=O)CCCCC[C@H](NC(=O)c1cncs1)C(=O)CCCc1cccc2ccccc12. The number of nitrogens with one attached hydrogen (secondary N) is 1. The van der Waals surface area contributed by atoms with E-state index in [-0.39, 0.29) is 17.5 Å². The lowest BCUT2D eigenvalue weighted by Crippen LogP contribution is -2.40. The third kappa shape index (κ3) is 7.09. The number of fused-ring (bicyclic) bond motifs is 1. The second-order valence-corrected chi connectivity index (χ2v) is 9.04. The fraction of sp³-hybridized carbons (Fsp3) is 0.385. The topological polar surface area (TPSA) is 76.1 Å². The molecular weight excluding hydrogens is 420 g/mol. The minimum absolute atomic E-state index is 0.0645. The quantitative estimate of drug-likeness (QED) is 0.348. The van der Waals surface area contributed by atoms with Crippen molar-refractivity contribution in [3.05, 3.63) is 64.6 Å². The largest absolute Gasteiger partial charge is 0.341 e. The minimum Gasteiger partial charge on any atom is -0.341 e. The Morgan fingerprint density at radius 2 is 1.78 bits per heavy atom. The predicted molar refractivity (Wildman–Crippen MR) is 129 cm³/mol. The van der Waals surface area contributed by atoms with Crippen LogP contribution in [0.5, 0.6) is 0 Å². The molecule has 6 heteroatoms. The van der Waals surface area contributed by atoms with Gasteiger partial charge >= 0.3 is 0 Å². The molecule has 0 saturated heterocycles. The van der Waals surface area contributed by atoms with Crippen LogP contribution in [0, 0.1) is 0 Å². The van der Waals surface area contributed by atoms with E-state index in [2.05, 4.69) is 40.6 Å². The lowest BCUT2D eigenvalue weighted by molar-refractivity contribution is -0.121. The first-order chi connectivity index (χ1) is 15.5. The van der Waals surface area contributed by atoms with Gasteiger partial charge in [-0.2, -0.15) is 0 Å². The molecule has 1 N–H and O–H groups in total. The van der Waals surface area contributed by atoms with E-state index in [1.165, 1.54) is 33.9 Å². The Bertz CT molecular complexity index is 1040. The van der Waals surface area contributed by atoms with E-state index in [0.29, 0.717) is 24.1 Å². The van der Waals surface area contributed by atoms with Gasteiger partial charge in [-0.05, 0) is 48.9 Å². The molecule has 168 valence electrons. The van der Waals surface area contributed by atoms with Gasteiger partial charge in [0.2, 0.25) is 0 Å². The Morgan fingerprint density at radius 1 is 0.969 bits per heavy atom. The predicted octanol–water partition coefficient (Wildman–Crippen LogP) is 5.53. The highest BCUT2D eigenvalue weighted by molar-refractivity contribution is 7.11. The van der Waals surface area contributed by atoms with Gasteiger partial charge < -0.3 is 10.1 Å². The molecule has 0 aliphatic rings. The highest BCUT2D eigenvalue weighted by atomic mass is 32.1. The maximum atomic E-state index is 13.0. The first kappa shape index (κ1) is 23.8. The lowest BCUT2D eigenvalue weighted by atomic mass is 9.96. The van der Waals surface area contributed by atoms with Crippen molar-refractivity contribution in [2.75, 3.05) is 0 Å². The highest BCUT2D eigenvalue weighted by Gasteiger charge is 2.21. The molecule has 0 aliphatic carbocycles. The lowest BCUT2D eigenvalue weighted by Gasteiger charge is -2.17. The van der Waals surface area contributed by atoms with Crippen LogP contribution in [0.4, 0.5) is 0 Å². The summed E-state index contributed by atoms with van der Waals surface area (Å²) in [6.45, 7) is 1.59. The number of rotatable bonds is 13. The van der Waals surface area contributed by atoms with Crippen LogP contribution >= 0.6 is 11.3 Å². The maximum Gasteiger partial charge on any atom is 0.263 e. The van der Waals surface area contributed by atoms with Gasteiger partial charge in [0.25, 0.3) is 5.91 Å². The molecule has 2 aromatic carbocycles. The molecule has 3 aromatic rings. The number of nitrogens with zero attached hydrogens (tertiary/aromatic N) is 1. The molecule has 0 fully saturated rings. The number of unbranched alkanes of at least 4 members (excludes halogenated alkanes) is 2. The van der Waals surface area contributed by atoms with Crippen molar-refractivity contribution >= 4 is 39.6 Å². The van der Waals surface area contributed by atoms with Gasteiger partial charge in [-0.3, -0.25) is 14.6 Å². The molecule has 0 radical (unpaired) electrons. The third-order valence-electron chi connectivity index (χ3n) is 5.62. The van der Waals surface area contributed by atoms with Gasteiger partial charge in [-0.15, -0.1) is 11.3 Å². The van der Waals surface area contributed by atoms with Crippen LogP contribution in [0.2, 0.25) is 0 Å². The van der Waals surface area contributed by atoms with Crippen LogP contribution in [-0.2, 0) is 16.0 Å². The number of aryl methyl sites for hydroxylation is 1. The fourth-order valence-electron chi connectivity index (χ4n) is 3.91. The Labute approximate surface area is 193 Å². The van der Waals surface area contributed by atoms with Crippen LogP contribution < -0.4 is 5.32 Å². The molecule has 1 heterocycles. The Morgan fingerprint density at radius 3 is 2.56 bits per heavy atom. The molecular formula is C26H30N2O3S. The van der Waals surface area contributed by atoms with E-state index in [1.807, 2.05) is 12.1 Å². The molecule has 0 saturated carbocycles. The number of ketones is 2. The van der Waals surface area contributed by atoms with Gasteiger partial charge in [0.15, 0.2) is 5.78 Å². The molecule has 3 rings (SSSR count). The number of amides is 1. The van der Waals surface area contributed by atoms with Crippen molar-refractivity contribution in [1.82, 2.24) is 10.3 Å². The summed E-state index contributed by atoms with van der Waals surface area (Å²) in [4.78, 5) is 41.1. The molecule has 1 amide bonds. The molecule has 5 nitrogen and oxygen atoms in total. The van der Waals surface area contributed by atoms with Crippen molar-refractivity contribution in [3.8, 4) is 0 Å². The zero-order valence-corrected chi connectivity index (χ0v) is 19.3. The van der Waals surface area contributed by atoms with E-state index < -0.39 is 6.04 Å². The summed E-state index contributed by atoms with van der Waals surface area (Å²) in [6, 6.07) is 14.0. The van der Waals surface area contributed by atoms with Crippen LogP contribution in [0.25, 0.3) is 10.8 Å². The number of benzene rings is 2. The number of thiazole rings is 1. The summed E-state index contributed by atoms with van der Waals surface area (Å²) in [5, 5.41) is 5.34. The number of aromatic nitrogens is 1. The molecule has 0 unspecified atom stereocenters. The summed E-state index contributed by atoms with van der Waals surface area (Å²) in [5.74, 6) is 0.00266. The minimum atomic E-state index is -0.505. The average molecular weight is 451 g/mol. The second kappa shape index (κ2) is 12.2. The molecule has 1 aromatic heterocycles. The van der Waals surface area contributed by atoms with E-state index in [1.54, 1.807) is 12.4 Å². The smallest absolute Gasteiger partial charge is 0.263 e. The van der Waals surface area contributed by atoms with Gasteiger partial charge in [0.1, 0.15) is 10.7 Å². The van der Waals surface area contributed by atoms with E-state index in [4.69, 9.17) is 0 Å². The Kier molecular flexibility index (Phi) is 9.11.